The van der Waals surface area contributed by atoms with E-state index < -0.39 is 0 Å². The van der Waals surface area contributed by atoms with E-state index in [1.807, 2.05) is 6.92 Å². The third-order valence-corrected chi connectivity index (χ3v) is 2.06. The molecule has 8 heteroatoms. The molecule has 86 valence electrons. The van der Waals surface area contributed by atoms with Gasteiger partial charge in [-0.3, -0.25) is 0 Å². The van der Waals surface area contributed by atoms with E-state index in [0.29, 0.717) is 12.2 Å². The monoisotopic (exact) mass is 225 g/mol. The SMILES string of the molecule is COC(C)Cc1noc(-c2nonc2N)n1. The Hall–Kier alpha value is -1.96. The Morgan fingerprint density at radius 3 is 2.81 bits per heavy atom. The maximum absolute atomic E-state index is 5.49. The second kappa shape index (κ2) is 4.27. The highest BCUT2D eigenvalue weighted by Crippen LogP contribution is 2.19. The molecule has 2 aromatic heterocycles. The Bertz CT molecular complexity index is 466. The van der Waals surface area contributed by atoms with Gasteiger partial charge in [-0.25, -0.2) is 4.63 Å². The number of aromatic nitrogens is 4. The maximum Gasteiger partial charge on any atom is 0.284 e. The molecule has 1 atom stereocenters. The molecule has 0 aliphatic carbocycles. The fourth-order valence-corrected chi connectivity index (χ4v) is 1.12. The smallest absolute Gasteiger partial charge is 0.284 e. The van der Waals surface area contributed by atoms with E-state index in [0.717, 1.165) is 0 Å². The van der Waals surface area contributed by atoms with Crippen LogP contribution in [0, 0.1) is 0 Å². The normalized spacial score (nSPS) is 12.9. The van der Waals surface area contributed by atoms with Crippen LogP contribution in [0.1, 0.15) is 12.7 Å². The highest BCUT2D eigenvalue weighted by atomic mass is 16.6. The van der Waals surface area contributed by atoms with Crippen molar-refractivity contribution in [2.45, 2.75) is 19.4 Å². The number of hydrogen-bond acceptors (Lipinski definition) is 8. The summed E-state index contributed by atoms with van der Waals surface area (Å²) in [5.74, 6) is 0.832. The predicted octanol–water partition coefficient (Wildman–Crippen LogP) is 0.279. The largest absolute Gasteiger partial charge is 0.381 e. The first-order chi connectivity index (χ1) is 7.70. The van der Waals surface area contributed by atoms with Gasteiger partial charge < -0.3 is 15.0 Å². The third-order valence-electron chi connectivity index (χ3n) is 2.06. The standard InChI is InChI=1S/C8H11N5O3/c1-4(14-2)3-5-10-8(15-11-5)6-7(9)13-16-12-6/h4H,3H2,1-2H3,(H2,9,13). The number of nitrogens with two attached hydrogens (primary N) is 1. The van der Waals surface area contributed by atoms with Crippen molar-refractivity contribution in [1.29, 1.82) is 0 Å². The van der Waals surface area contributed by atoms with Crippen LogP contribution in [0.5, 0.6) is 0 Å². The fraction of sp³-hybridized carbons (Fsp3) is 0.500. The zero-order chi connectivity index (χ0) is 11.5. The number of anilines is 1. The molecule has 2 N–H and O–H groups in total. The van der Waals surface area contributed by atoms with Gasteiger partial charge in [0, 0.05) is 13.5 Å². The van der Waals surface area contributed by atoms with Crippen LogP contribution in [-0.2, 0) is 11.2 Å². The zero-order valence-corrected chi connectivity index (χ0v) is 8.88. The van der Waals surface area contributed by atoms with Gasteiger partial charge in [0.05, 0.1) is 6.10 Å². The van der Waals surface area contributed by atoms with Crippen molar-refractivity contribution in [3.8, 4) is 11.6 Å². The first kappa shape index (κ1) is 10.6. The molecule has 0 saturated heterocycles. The summed E-state index contributed by atoms with van der Waals surface area (Å²) in [5.41, 5.74) is 5.74. The fourth-order valence-electron chi connectivity index (χ4n) is 1.12. The first-order valence-corrected chi connectivity index (χ1v) is 4.64. The number of nitrogen functional groups attached to an aromatic ring is 1. The molecule has 0 saturated carbocycles. The molecule has 0 radical (unpaired) electrons. The van der Waals surface area contributed by atoms with Gasteiger partial charge in [0.1, 0.15) is 0 Å². The van der Waals surface area contributed by atoms with E-state index in [1.54, 1.807) is 7.11 Å². The second-order valence-corrected chi connectivity index (χ2v) is 3.26. The van der Waals surface area contributed by atoms with Gasteiger partial charge in [-0.15, -0.1) is 0 Å². The summed E-state index contributed by atoms with van der Waals surface area (Å²) < 4.78 is 14.5. The maximum atomic E-state index is 5.49. The van der Waals surface area contributed by atoms with Gasteiger partial charge in [-0.2, -0.15) is 4.98 Å². The minimum absolute atomic E-state index is 0.0123. The van der Waals surface area contributed by atoms with Crippen LogP contribution < -0.4 is 5.73 Å². The zero-order valence-electron chi connectivity index (χ0n) is 8.88. The summed E-state index contributed by atoms with van der Waals surface area (Å²) in [5, 5.41) is 10.7. The van der Waals surface area contributed by atoms with Crippen LogP contribution in [0.15, 0.2) is 9.15 Å². The van der Waals surface area contributed by atoms with Crippen LogP contribution in [-0.4, -0.2) is 33.7 Å². The average molecular weight is 225 g/mol. The van der Waals surface area contributed by atoms with Crippen molar-refractivity contribution < 1.29 is 13.9 Å². The van der Waals surface area contributed by atoms with Crippen molar-refractivity contribution in [3.05, 3.63) is 5.82 Å². The lowest BCUT2D eigenvalue weighted by atomic mass is 10.3. The number of nitrogens with zero attached hydrogens (tertiary/aromatic N) is 4. The van der Waals surface area contributed by atoms with E-state index in [-0.39, 0.29) is 23.5 Å². The van der Waals surface area contributed by atoms with Crippen molar-refractivity contribution in [2.24, 2.45) is 0 Å². The number of hydrogen-bond donors (Lipinski definition) is 1. The van der Waals surface area contributed by atoms with Crippen LogP contribution in [0.3, 0.4) is 0 Å². The van der Waals surface area contributed by atoms with E-state index >= 15 is 0 Å². The van der Waals surface area contributed by atoms with Gasteiger partial charge in [0.15, 0.2) is 5.82 Å². The Morgan fingerprint density at radius 2 is 2.19 bits per heavy atom. The van der Waals surface area contributed by atoms with Gasteiger partial charge in [0.2, 0.25) is 11.5 Å². The Morgan fingerprint density at radius 1 is 1.38 bits per heavy atom. The topological polar surface area (TPSA) is 113 Å². The van der Waals surface area contributed by atoms with Crippen LogP contribution >= 0.6 is 0 Å². The second-order valence-electron chi connectivity index (χ2n) is 3.26. The number of ether oxygens (including phenoxy) is 1. The van der Waals surface area contributed by atoms with Gasteiger partial charge in [-0.1, -0.05) is 5.16 Å². The molecule has 16 heavy (non-hydrogen) atoms. The quantitative estimate of drug-likeness (QED) is 0.789. The van der Waals surface area contributed by atoms with Crippen molar-refractivity contribution in [2.75, 3.05) is 12.8 Å². The number of rotatable bonds is 4. The van der Waals surface area contributed by atoms with E-state index in [4.69, 9.17) is 15.0 Å². The van der Waals surface area contributed by atoms with Gasteiger partial charge in [-0.05, 0) is 17.2 Å². The van der Waals surface area contributed by atoms with Gasteiger partial charge >= 0.3 is 0 Å². The molecule has 1 unspecified atom stereocenters. The lowest BCUT2D eigenvalue weighted by Gasteiger charge is -2.03. The van der Waals surface area contributed by atoms with Crippen LogP contribution in [0.2, 0.25) is 0 Å². The van der Waals surface area contributed by atoms with Crippen molar-refractivity contribution in [1.82, 2.24) is 20.5 Å². The minimum Gasteiger partial charge on any atom is -0.381 e. The first-order valence-electron chi connectivity index (χ1n) is 4.64. The molecule has 0 aliphatic heterocycles. The lowest BCUT2D eigenvalue weighted by molar-refractivity contribution is 0.116. The summed E-state index contributed by atoms with van der Waals surface area (Å²) >= 11 is 0. The van der Waals surface area contributed by atoms with Crippen molar-refractivity contribution in [3.63, 3.8) is 0 Å². The van der Waals surface area contributed by atoms with E-state index in [2.05, 4.69) is 25.1 Å². The lowest BCUT2D eigenvalue weighted by Crippen LogP contribution is -2.09. The molecule has 0 spiro atoms. The average Bonchev–Trinajstić information content (AvgIpc) is 2.86. The van der Waals surface area contributed by atoms with Crippen LogP contribution in [0.25, 0.3) is 11.6 Å². The highest BCUT2D eigenvalue weighted by Gasteiger charge is 2.17. The molecule has 2 rings (SSSR count). The summed E-state index contributed by atoms with van der Waals surface area (Å²) in [6, 6.07) is 0. The Balaban J connectivity index is 2.17. The highest BCUT2D eigenvalue weighted by molar-refractivity contribution is 5.60. The Labute approximate surface area is 90.7 Å². The molecular formula is C8H11N5O3. The molecule has 0 aliphatic rings. The van der Waals surface area contributed by atoms with E-state index in [1.165, 1.54) is 0 Å². The summed E-state index contributed by atoms with van der Waals surface area (Å²) in [6.07, 6.45) is 0.559. The summed E-state index contributed by atoms with van der Waals surface area (Å²) in [4.78, 5) is 4.10. The Kier molecular flexibility index (Phi) is 2.82. The third kappa shape index (κ3) is 2.01. The molecular weight excluding hydrogens is 214 g/mol. The van der Waals surface area contributed by atoms with Crippen molar-refractivity contribution >= 4 is 5.82 Å². The predicted molar refractivity (Wildman–Crippen MR) is 52.2 cm³/mol. The summed E-state index contributed by atoms with van der Waals surface area (Å²) in [7, 11) is 1.62. The molecule has 2 heterocycles. The minimum atomic E-state index is 0.0123. The summed E-state index contributed by atoms with van der Waals surface area (Å²) in [6.45, 7) is 1.90. The van der Waals surface area contributed by atoms with Gasteiger partial charge in [0.25, 0.3) is 5.89 Å². The molecule has 2 aromatic rings. The number of methoxy groups -OCH3 is 1. The molecule has 0 aromatic carbocycles. The molecule has 0 bridgehead atoms. The molecule has 8 nitrogen and oxygen atoms in total. The molecule has 0 amide bonds. The molecule has 0 fully saturated rings. The van der Waals surface area contributed by atoms with E-state index in [9.17, 15) is 0 Å². The van der Waals surface area contributed by atoms with Crippen LogP contribution in [0.4, 0.5) is 5.82 Å².